The third-order valence-electron chi connectivity index (χ3n) is 5.93. The van der Waals surface area contributed by atoms with Gasteiger partial charge in [-0.25, -0.2) is 0 Å². The van der Waals surface area contributed by atoms with Crippen LogP contribution in [0.1, 0.15) is 47.4 Å². The standard InChI is InChI=1S/C19H23N3O4/c1-11(2)14-10-26-19-7-8-21(15(19)9-16(23)22(14)19)18(25)13-5-3-12(4-6-13)17(20)24/h3-6,11,14-15H,7-10H2,1-2H3,(H2,20,24)/t14-,15+,19-/m0/s1. The zero-order valence-corrected chi connectivity index (χ0v) is 15.0. The van der Waals surface area contributed by atoms with Crippen molar-refractivity contribution in [2.45, 2.75) is 44.5 Å². The number of primary amides is 1. The first-order valence-electron chi connectivity index (χ1n) is 9.02. The molecule has 1 aromatic rings. The normalized spacial score (nSPS) is 30.0. The molecule has 3 amide bonds. The summed E-state index contributed by atoms with van der Waals surface area (Å²) in [5.41, 5.74) is 5.42. The molecule has 3 fully saturated rings. The zero-order chi connectivity index (χ0) is 18.6. The molecular weight excluding hydrogens is 334 g/mol. The molecule has 26 heavy (non-hydrogen) atoms. The lowest BCUT2D eigenvalue weighted by atomic mass is 10.0. The second-order valence-corrected chi connectivity index (χ2v) is 7.64. The highest BCUT2D eigenvalue weighted by Crippen LogP contribution is 2.49. The number of rotatable bonds is 3. The summed E-state index contributed by atoms with van der Waals surface area (Å²) in [4.78, 5) is 40.5. The Kier molecular flexibility index (Phi) is 3.80. The van der Waals surface area contributed by atoms with E-state index >= 15 is 0 Å². The van der Waals surface area contributed by atoms with E-state index in [2.05, 4.69) is 13.8 Å². The molecule has 2 N–H and O–H groups in total. The summed E-state index contributed by atoms with van der Waals surface area (Å²) in [6.07, 6.45) is 0.937. The van der Waals surface area contributed by atoms with E-state index in [0.717, 1.165) is 0 Å². The van der Waals surface area contributed by atoms with Crippen molar-refractivity contribution in [3.8, 4) is 0 Å². The minimum absolute atomic E-state index is 0.0628. The van der Waals surface area contributed by atoms with Gasteiger partial charge in [0.05, 0.1) is 25.1 Å². The van der Waals surface area contributed by atoms with Crippen molar-refractivity contribution >= 4 is 17.7 Å². The molecule has 0 unspecified atom stereocenters. The molecule has 3 aliphatic rings. The smallest absolute Gasteiger partial charge is 0.254 e. The number of ether oxygens (including phenoxy) is 1. The number of amides is 3. The number of likely N-dealkylation sites (tertiary alicyclic amines) is 1. The predicted octanol–water partition coefficient (Wildman–Crippen LogP) is 0.983. The van der Waals surface area contributed by atoms with Gasteiger partial charge in [-0.2, -0.15) is 0 Å². The van der Waals surface area contributed by atoms with Crippen LogP contribution in [0.3, 0.4) is 0 Å². The topological polar surface area (TPSA) is 92.9 Å². The second kappa shape index (κ2) is 5.81. The van der Waals surface area contributed by atoms with Crippen LogP contribution in [0.4, 0.5) is 0 Å². The monoisotopic (exact) mass is 357 g/mol. The Labute approximate surface area is 152 Å². The fourth-order valence-corrected chi connectivity index (χ4v) is 4.56. The van der Waals surface area contributed by atoms with Crippen molar-refractivity contribution in [1.29, 1.82) is 0 Å². The Morgan fingerprint density at radius 2 is 1.88 bits per heavy atom. The van der Waals surface area contributed by atoms with E-state index in [9.17, 15) is 14.4 Å². The number of hydrogen-bond donors (Lipinski definition) is 1. The van der Waals surface area contributed by atoms with Crippen molar-refractivity contribution in [2.24, 2.45) is 11.7 Å². The predicted molar refractivity (Wildman–Crippen MR) is 93.2 cm³/mol. The van der Waals surface area contributed by atoms with E-state index in [1.165, 1.54) is 0 Å². The number of nitrogens with zero attached hydrogens (tertiary/aromatic N) is 2. The largest absolute Gasteiger partial charge is 0.366 e. The maximum absolute atomic E-state index is 13.0. The average molecular weight is 357 g/mol. The van der Waals surface area contributed by atoms with Gasteiger partial charge in [-0.1, -0.05) is 13.8 Å². The van der Waals surface area contributed by atoms with Crippen molar-refractivity contribution in [1.82, 2.24) is 9.80 Å². The Morgan fingerprint density at radius 3 is 2.50 bits per heavy atom. The lowest BCUT2D eigenvalue weighted by Gasteiger charge is -2.34. The van der Waals surface area contributed by atoms with Crippen LogP contribution >= 0.6 is 0 Å². The van der Waals surface area contributed by atoms with Crippen molar-refractivity contribution in [3.63, 3.8) is 0 Å². The third kappa shape index (κ3) is 2.26. The van der Waals surface area contributed by atoms with E-state index in [4.69, 9.17) is 10.5 Å². The van der Waals surface area contributed by atoms with Crippen LogP contribution in [0, 0.1) is 5.92 Å². The Balaban J connectivity index is 1.60. The van der Waals surface area contributed by atoms with Gasteiger partial charge in [-0.3, -0.25) is 14.4 Å². The summed E-state index contributed by atoms with van der Waals surface area (Å²) in [5.74, 6) is -0.301. The first kappa shape index (κ1) is 17.0. The molecular formula is C19H23N3O4. The minimum Gasteiger partial charge on any atom is -0.366 e. The van der Waals surface area contributed by atoms with Crippen LogP contribution in [-0.2, 0) is 9.53 Å². The molecule has 0 aliphatic carbocycles. The summed E-state index contributed by atoms with van der Waals surface area (Å²) in [6.45, 7) is 5.25. The molecule has 4 rings (SSSR count). The SMILES string of the molecule is CC(C)[C@@H]1CO[C@@]23CCN(C(=O)c4ccc(C(N)=O)cc4)[C@@H]2CC(=O)N13. The highest BCUT2D eigenvalue weighted by atomic mass is 16.5. The molecule has 7 heteroatoms. The maximum atomic E-state index is 13.0. The molecule has 3 aliphatic heterocycles. The summed E-state index contributed by atoms with van der Waals surface area (Å²) in [7, 11) is 0. The molecule has 3 saturated heterocycles. The molecule has 3 heterocycles. The van der Waals surface area contributed by atoms with Crippen LogP contribution in [0.15, 0.2) is 24.3 Å². The highest BCUT2D eigenvalue weighted by molar-refractivity contribution is 5.98. The molecule has 3 atom stereocenters. The summed E-state index contributed by atoms with van der Waals surface area (Å²) < 4.78 is 6.15. The van der Waals surface area contributed by atoms with Gasteiger partial charge in [0.1, 0.15) is 0 Å². The van der Waals surface area contributed by atoms with E-state index in [1.807, 2.05) is 4.90 Å². The molecule has 0 saturated carbocycles. The molecule has 1 spiro atoms. The van der Waals surface area contributed by atoms with Gasteiger partial charge in [0.2, 0.25) is 11.8 Å². The average Bonchev–Trinajstić information content (AvgIpc) is 3.23. The molecule has 0 radical (unpaired) electrons. The molecule has 7 nitrogen and oxygen atoms in total. The lowest BCUT2D eigenvalue weighted by Crippen LogP contribution is -2.51. The lowest BCUT2D eigenvalue weighted by molar-refractivity contribution is -0.139. The van der Waals surface area contributed by atoms with Crippen LogP contribution in [-0.4, -0.2) is 58.5 Å². The van der Waals surface area contributed by atoms with Crippen LogP contribution in [0.2, 0.25) is 0 Å². The molecule has 138 valence electrons. The molecule has 0 bridgehead atoms. The Morgan fingerprint density at radius 1 is 1.23 bits per heavy atom. The number of hydrogen-bond acceptors (Lipinski definition) is 4. The second-order valence-electron chi connectivity index (χ2n) is 7.64. The van der Waals surface area contributed by atoms with Gasteiger partial charge in [0.15, 0.2) is 5.72 Å². The summed E-state index contributed by atoms with van der Waals surface area (Å²) in [5, 5.41) is 0. The fourth-order valence-electron chi connectivity index (χ4n) is 4.56. The number of carbonyl (C=O) groups excluding carboxylic acids is 3. The Bertz CT molecular complexity index is 775. The molecule has 0 aromatic heterocycles. The van der Waals surface area contributed by atoms with Crippen LogP contribution < -0.4 is 5.73 Å². The van der Waals surface area contributed by atoms with E-state index in [0.29, 0.717) is 43.0 Å². The van der Waals surface area contributed by atoms with Gasteiger partial charge in [0, 0.05) is 24.1 Å². The van der Waals surface area contributed by atoms with Gasteiger partial charge in [-0.15, -0.1) is 0 Å². The van der Waals surface area contributed by atoms with Crippen LogP contribution in [0.25, 0.3) is 0 Å². The van der Waals surface area contributed by atoms with Crippen molar-refractivity contribution in [3.05, 3.63) is 35.4 Å². The highest BCUT2D eigenvalue weighted by Gasteiger charge is 2.65. The summed E-state index contributed by atoms with van der Waals surface area (Å²) >= 11 is 0. The van der Waals surface area contributed by atoms with Gasteiger partial charge < -0.3 is 20.3 Å². The van der Waals surface area contributed by atoms with E-state index in [-0.39, 0.29) is 23.9 Å². The van der Waals surface area contributed by atoms with Crippen molar-refractivity contribution < 1.29 is 19.1 Å². The quantitative estimate of drug-likeness (QED) is 0.873. The number of carbonyl (C=O) groups is 3. The van der Waals surface area contributed by atoms with Crippen LogP contribution in [0.5, 0.6) is 0 Å². The minimum atomic E-state index is -0.672. The maximum Gasteiger partial charge on any atom is 0.254 e. The van der Waals surface area contributed by atoms with Crippen molar-refractivity contribution in [2.75, 3.05) is 13.2 Å². The van der Waals surface area contributed by atoms with E-state index < -0.39 is 11.6 Å². The van der Waals surface area contributed by atoms with Gasteiger partial charge in [-0.05, 0) is 30.2 Å². The van der Waals surface area contributed by atoms with Gasteiger partial charge in [0.25, 0.3) is 5.91 Å². The number of nitrogens with two attached hydrogens (primary N) is 1. The fraction of sp³-hybridized carbons (Fsp3) is 0.526. The first-order chi connectivity index (χ1) is 12.3. The Hall–Kier alpha value is -2.41. The van der Waals surface area contributed by atoms with Gasteiger partial charge >= 0.3 is 0 Å². The number of benzene rings is 1. The molecule has 1 aromatic carbocycles. The zero-order valence-electron chi connectivity index (χ0n) is 15.0. The summed E-state index contributed by atoms with van der Waals surface area (Å²) in [6, 6.07) is 6.12. The first-order valence-corrected chi connectivity index (χ1v) is 9.02. The van der Waals surface area contributed by atoms with E-state index in [1.54, 1.807) is 29.2 Å². The third-order valence-corrected chi connectivity index (χ3v) is 5.93.